The molecule has 0 amide bonds. The Morgan fingerprint density at radius 2 is 2.25 bits per heavy atom. The van der Waals surface area contributed by atoms with Gasteiger partial charge in [0.1, 0.15) is 6.10 Å². The molecule has 1 rings (SSSR count). The molecule has 1 fully saturated rings. The van der Waals surface area contributed by atoms with Gasteiger partial charge in [-0.25, -0.2) is 0 Å². The second-order valence-electron chi connectivity index (χ2n) is 2.89. The highest BCUT2D eigenvalue weighted by Gasteiger charge is 2.35. The molecule has 1 saturated heterocycles. The number of aliphatic hydroxyl groups excluding tert-OH is 2. The minimum atomic E-state index is -0.974. The standard InChI is InChI=1S/C7H15NO4/c1-11-7-6(10)5(9)2-4(3-8)12-7/h4-7,9-10H,2-3,8H2,1H3/t4-,5-,6+,7-/m0/s1. The maximum Gasteiger partial charge on any atom is 0.186 e. The van der Waals surface area contributed by atoms with Crippen LogP contribution in [0.25, 0.3) is 0 Å². The minimum Gasteiger partial charge on any atom is -0.390 e. The Balaban J connectivity index is 2.52. The van der Waals surface area contributed by atoms with Crippen LogP contribution in [0.15, 0.2) is 0 Å². The minimum absolute atomic E-state index is 0.228. The Morgan fingerprint density at radius 1 is 1.58 bits per heavy atom. The topological polar surface area (TPSA) is 84.9 Å². The fourth-order valence-corrected chi connectivity index (χ4v) is 1.26. The van der Waals surface area contributed by atoms with Crippen LogP contribution in [-0.2, 0) is 9.47 Å². The van der Waals surface area contributed by atoms with Crippen molar-refractivity contribution in [2.75, 3.05) is 13.7 Å². The first-order valence-electron chi connectivity index (χ1n) is 3.93. The smallest absolute Gasteiger partial charge is 0.186 e. The van der Waals surface area contributed by atoms with Crippen molar-refractivity contribution in [2.24, 2.45) is 5.73 Å². The Hall–Kier alpha value is -0.200. The normalized spacial score (nSPS) is 43.0. The Morgan fingerprint density at radius 3 is 2.75 bits per heavy atom. The van der Waals surface area contributed by atoms with E-state index in [-0.39, 0.29) is 6.10 Å². The largest absolute Gasteiger partial charge is 0.390 e. The van der Waals surface area contributed by atoms with E-state index in [1.54, 1.807) is 0 Å². The summed E-state index contributed by atoms with van der Waals surface area (Å²) in [6.07, 6.45) is -2.41. The van der Waals surface area contributed by atoms with Gasteiger partial charge in [-0.1, -0.05) is 0 Å². The molecule has 1 aliphatic rings. The third-order valence-corrected chi connectivity index (χ3v) is 2.00. The lowest BCUT2D eigenvalue weighted by Crippen LogP contribution is -2.50. The molecule has 4 atom stereocenters. The molecule has 0 spiro atoms. The average molecular weight is 177 g/mol. The first kappa shape index (κ1) is 9.88. The highest BCUT2D eigenvalue weighted by molar-refractivity contribution is 4.81. The van der Waals surface area contributed by atoms with Crippen LogP contribution in [0, 0.1) is 0 Å². The highest BCUT2D eigenvalue weighted by atomic mass is 16.7. The van der Waals surface area contributed by atoms with E-state index < -0.39 is 18.5 Å². The molecule has 0 unspecified atom stereocenters. The van der Waals surface area contributed by atoms with Gasteiger partial charge < -0.3 is 25.4 Å². The van der Waals surface area contributed by atoms with E-state index >= 15 is 0 Å². The van der Waals surface area contributed by atoms with Crippen molar-refractivity contribution >= 4 is 0 Å². The molecule has 0 saturated carbocycles. The molecule has 1 aliphatic heterocycles. The van der Waals surface area contributed by atoms with Crippen molar-refractivity contribution in [3.05, 3.63) is 0 Å². The number of hydrogen-bond donors (Lipinski definition) is 3. The Kier molecular flexibility index (Phi) is 3.42. The predicted octanol–water partition coefficient (Wildman–Crippen LogP) is -1.57. The zero-order valence-corrected chi connectivity index (χ0v) is 7.01. The summed E-state index contributed by atoms with van der Waals surface area (Å²) in [5.74, 6) is 0. The van der Waals surface area contributed by atoms with Gasteiger partial charge in [0, 0.05) is 20.1 Å². The second-order valence-corrected chi connectivity index (χ2v) is 2.89. The number of methoxy groups -OCH3 is 1. The molecule has 0 aromatic carbocycles. The summed E-state index contributed by atoms with van der Waals surface area (Å²) in [4.78, 5) is 0. The summed E-state index contributed by atoms with van der Waals surface area (Å²) in [5.41, 5.74) is 5.35. The number of ether oxygens (including phenoxy) is 2. The molecule has 0 radical (unpaired) electrons. The van der Waals surface area contributed by atoms with E-state index in [0.717, 1.165) is 0 Å². The average Bonchev–Trinajstić information content (AvgIpc) is 2.09. The van der Waals surface area contributed by atoms with Crippen LogP contribution >= 0.6 is 0 Å². The van der Waals surface area contributed by atoms with Crippen molar-refractivity contribution in [2.45, 2.75) is 31.0 Å². The van der Waals surface area contributed by atoms with E-state index in [2.05, 4.69) is 0 Å². The van der Waals surface area contributed by atoms with E-state index in [4.69, 9.17) is 15.2 Å². The number of nitrogens with two attached hydrogens (primary N) is 1. The molecular weight excluding hydrogens is 162 g/mol. The van der Waals surface area contributed by atoms with Crippen LogP contribution in [0.1, 0.15) is 6.42 Å². The summed E-state index contributed by atoms with van der Waals surface area (Å²) in [6.45, 7) is 0.323. The molecule has 0 bridgehead atoms. The van der Waals surface area contributed by atoms with E-state index in [0.29, 0.717) is 13.0 Å². The second kappa shape index (κ2) is 4.15. The van der Waals surface area contributed by atoms with Crippen molar-refractivity contribution < 1.29 is 19.7 Å². The molecule has 1 heterocycles. The van der Waals surface area contributed by atoms with Gasteiger partial charge in [-0.2, -0.15) is 0 Å². The van der Waals surface area contributed by atoms with Gasteiger partial charge in [0.15, 0.2) is 6.29 Å². The van der Waals surface area contributed by atoms with Crippen LogP contribution < -0.4 is 5.73 Å². The maximum atomic E-state index is 9.32. The van der Waals surface area contributed by atoms with Crippen molar-refractivity contribution in [1.29, 1.82) is 0 Å². The maximum absolute atomic E-state index is 9.32. The molecule has 0 aliphatic carbocycles. The molecule has 4 N–H and O–H groups in total. The molecule has 5 nitrogen and oxygen atoms in total. The molecule has 12 heavy (non-hydrogen) atoms. The molecule has 5 heteroatoms. The van der Waals surface area contributed by atoms with Crippen LogP contribution in [0.2, 0.25) is 0 Å². The monoisotopic (exact) mass is 177 g/mol. The van der Waals surface area contributed by atoms with E-state index in [1.165, 1.54) is 7.11 Å². The lowest BCUT2D eigenvalue weighted by molar-refractivity contribution is -0.255. The van der Waals surface area contributed by atoms with Gasteiger partial charge in [0.25, 0.3) is 0 Å². The zero-order chi connectivity index (χ0) is 9.14. The molecule has 0 aromatic heterocycles. The summed E-state index contributed by atoms with van der Waals surface area (Å²) in [6, 6.07) is 0. The summed E-state index contributed by atoms with van der Waals surface area (Å²) in [5, 5.41) is 18.6. The molecule has 0 aromatic rings. The molecule has 72 valence electrons. The summed E-state index contributed by atoms with van der Waals surface area (Å²) in [7, 11) is 1.42. The Labute approximate surface area is 71.1 Å². The van der Waals surface area contributed by atoms with Crippen LogP contribution in [0.5, 0.6) is 0 Å². The number of rotatable bonds is 2. The van der Waals surface area contributed by atoms with Gasteiger partial charge >= 0.3 is 0 Å². The van der Waals surface area contributed by atoms with E-state index in [1.807, 2.05) is 0 Å². The van der Waals surface area contributed by atoms with Crippen LogP contribution in [0.4, 0.5) is 0 Å². The fourth-order valence-electron chi connectivity index (χ4n) is 1.26. The van der Waals surface area contributed by atoms with Gasteiger partial charge in [-0.15, -0.1) is 0 Å². The number of hydrogen-bond acceptors (Lipinski definition) is 5. The lowest BCUT2D eigenvalue weighted by Gasteiger charge is -2.35. The first-order valence-corrected chi connectivity index (χ1v) is 3.93. The van der Waals surface area contributed by atoms with Crippen LogP contribution in [-0.4, -0.2) is 48.5 Å². The van der Waals surface area contributed by atoms with E-state index in [9.17, 15) is 10.2 Å². The van der Waals surface area contributed by atoms with Crippen LogP contribution in [0.3, 0.4) is 0 Å². The first-order chi connectivity index (χ1) is 5.69. The highest BCUT2D eigenvalue weighted by Crippen LogP contribution is 2.19. The van der Waals surface area contributed by atoms with Gasteiger partial charge in [-0.3, -0.25) is 0 Å². The SMILES string of the molecule is CO[C@H]1O[C@H](CN)C[C@H](O)[C@H]1O. The third-order valence-electron chi connectivity index (χ3n) is 2.00. The van der Waals surface area contributed by atoms with Gasteiger partial charge in [0.05, 0.1) is 12.2 Å². The summed E-state index contributed by atoms with van der Waals surface area (Å²) >= 11 is 0. The van der Waals surface area contributed by atoms with Gasteiger partial charge in [-0.05, 0) is 0 Å². The number of aliphatic hydroxyl groups is 2. The fraction of sp³-hybridized carbons (Fsp3) is 1.00. The quantitative estimate of drug-likeness (QED) is 0.474. The third kappa shape index (κ3) is 1.94. The molecular formula is C7H15NO4. The van der Waals surface area contributed by atoms with Crippen molar-refractivity contribution in [3.63, 3.8) is 0 Å². The Bertz CT molecular complexity index is 143. The van der Waals surface area contributed by atoms with Gasteiger partial charge in [0.2, 0.25) is 0 Å². The zero-order valence-electron chi connectivity index (χ0n) is 7.01. The predicted molar refractivity (Wildman–Crippen MR) is 41.4 cm³/mol. The van der Waals surface area contributed by atoms with Crippen molar-refractivity contribution in [3.8, 4) is 0 Å². The summed E-state index contributed by atoms with van der Waals surface area (Å²) < 4.78 is 10.0. The van der Waals surface area contributed by atoms with Crippen molar-refractivity contribution in [1.82, 2.24) is 0 Å². The lowest BCUT2D eigenvalue weighted by atomic mass is 10.0.